The normalized spacial score (nSPS) is 15.0. The van der Waals surface area contributed by atoms with Crippen LogP contribution in [0, 0.1) is 0 Å². The molecule has 1 fully saturated rings. The van der Waals surface area contributed by atoms with Crippen LogP contribution >= 0.6 is 23.1 Å². The Balaban J connectivity index is 2.09. The van der Waals surface area contributed by atoms with Crippen molar-refractivity contribution < 1.29 is 18.0 Å². The summed E-state index contributed by atoms with van der Waals surface area (Å²) in [5, 5.41) is 0. The molecule has 1 aliphatic heterocycles. The Hall–Kier alpha value is -1.06. The van der Waals surface area contributed by atoms with Crippen molar-refractivity contribution in [3.63, 3.8) is 0 Å². The molecule has 140 valence electrons. The molecule has 0 atom stereocenters. The standard InChI is InChI=1S/C16H24N2O4S3/c1-3-12-25(21,22)18(11-5-10-17-9-4-6-14(17)19)16(20)13-7-8-15(23-2)24-13/h7-8H,3-6,9-12H2,1-2H3. The van der Waals surface area contributed by atoms with Crippen molar-refractivity contribution in [1.29, 1.82) is 0 Å². The molecule has 0 spiro atoms. The Labute approximate surface area is 157 Å². The van der Waals surface area contributed by atoms with E-state index >= 15 is 0 Å². The molecule has 6 nitrogen and oxygen atoms in total. The lowest BCUT2D eigenvalue weighted by Gasteiger charge is -2.23. The largest absolute Gasteiger partial charge is 0.343 e. The van der Waals surface area contributed by atoms with Gasteiger partial charge in [0.15, 0.2) is 0 Å². The van der Waals surface area contributed by atoms with Crippen LogP contribution in [0.2, 0.25) is 0 Å². The summed E-state index contributed by atoms with van der Waals surface area (Å²) in [7, 11) is -3.65. The van der Waals surface area contributed by atoms with Crippen LogP contribution in [0.1, 0.15) is 42.3 Å². The minimum Gasteiger partial charge on any atom is -0.343 e. The summed E-state index contributed by atoms with van der Waals surface area (Å²) in [6, 6.07) is 3.51. The van der Waals surface area contributed by atoms with E-state index in [1.54, 1.807) is 17.9 Å². The second kappa shape index (κ2) is 9.05. The fourth-order valence-corrected chi connectivity index (χ4v) is 5.79. The smallest absolute Gasteiger partial charge is 0.277 e. The van der Waals surface area contributed by atoms with Gasteiger partial charge in [0.2, 0.25) is 15.9 Å². The molecule has 0 radical (unpaired) electrons. The summed E-state index contributed by atoms with van der Waals surface area (Å²) in [5.41, 5.74) is 0. The number of thiophene rings is 1. The molecule has 25 heavy (non-hydrogen) atoms. The van der Waals surface area contributed by atoms with Crippen LogP contribution < -0.4 is 0 Å². The van der Waals surface area contributed by atoms with Crippen LogP contribution in [0.5, 0.6) is 0 Å². The first-order chi connectivity index (χ1) is 11.9. The summed E-state index contributed by atoms with van der Waals surface area (Å²) in [5.74, 6) is -0.411. The summed E-state index contributed by atoms with van der Waals surface area (Å²) in [6.07, 6.45) is 4.24. The minimum atomic E-state index is -3.65. The van der Waals surface area contributed by atoms with E-state index in [4.69, 9.17) is 0 Å². The number of thioether (sulfide) groups is 1. The molecule has 2 amide bonds. The molecule has 0 bridgehead atoms. The number of amides is 2. The monoisotopic (exact) mass is 404 g/mol. The van der Waals surface area contributed by atoms with Gasteiger partial charge in [-0.1, -0.05) is 6.92 Å². The van der Waals surface area contributed by atoms with Gasteiger partial charge in [-0.25, -0.2) is 12.7 Å². The van der Waals surface area contributed by atoms with Gasteiger partial charge in [-0.2, -0.15) is 0 Å². The summed E-state index contributed by atoms with van der Waals surface area (Å²) >= 11 is 2.83. The van der Waals surface area contributed by atoms with E-state index in [0.717, 1.165) is 21.5 Å². The third kappa shape index (κ3) is 5.21. The maximum atomic E-state index is 12.8. The molecule has 0 unspecified atom stereocenters. The van der Waals surface area contributed by atoms with Crippen molar-refractivity contribution >= 4 is 44.9 Å². The van der Waals surface area contributed by atoms with E-state index in [9.17, 15) is 18.0 Å². The zero-order valence-corrected chi connectivity index (χ0v) is 17.0. The van der Waals surface area contributed by atoms with Crippen molar-refractivity contribution in [3.05, 3.63) is 17.0 Å². The highest BCUT2D eigenvalue weighted by Gasteiger charge is 2.29. The highest BCUT2D eigenvalue weighted by molar-refractivity contribution is 8.00. The lowest BCUT2D eigenvalue weighted by Crippen LogP contribution is -2.40. The number of likely N-dealkylation sites (tertiary alicyclic amines) is 1. The molecule has 9 heteroatoms. The van der Waals surface area contributed by atoms with Gasteiger partial charge in [-0.05, 0) is 37.7 Å². The lowest BCUT2D eigenvalue weighted by molar-refractivity contribution is -0.127. The molecule has 1 aromatic rings. The van der Waals surface area contributed by atoms with Gasteiger partial charge in [-0.15, -0.1) is 23.1 Å². The molecule has 0 aliphatic carbocycles. The maximum absolute atomic E-state index is 12.8. The second-order valence-electron chi connectivity index (χ2n) is 5.85. The fraction of sp³-hybridized carbons (Fsp3) is 0.625. The number of nitrogens with zero attached hydrogens (tertiary/aromatic N) is 2. The predicted octanol–water partition coefficient (Wildman–Crippen LogP) is 2.66. The fourth-order valence-electron chi connectivity index (χ4n) is 2.75. The average molecular weight is 405 g/mol. The van der Waals surface area contributed by atoms with E-state index in [0.29, 0.717) is 30.7 Å². The Kier molecular flexibility index (Phi) is 7.33. The Morgan fingerprint density at radius 3 is 2.72 bits per heavy atom. The second-order valence-corrected chi connectivity index (χ2v) is 10.1. The van der Waals surface area contributed by atoms with Gasteiger partial charge in [0.05, 0.1) is 14.8 Å². The van der Waals surface area contributed by atoms with Gasteiger partial charge in [0, 0.05) is 26.1 Å². The summed E-state index contributed by atoms with van der Waals surface area (Å²) in [4.78, 5) is 26.6. The number of sulfonamides is 1. The molecular weight excluding hydrogens is 380 g/mol. The molecule has 2 rings (SSSR count). The van der Waals surface area contributed by atoms with Gasteiger partial charge < -0.3 is 4.90 Å². The number of rotatable bonds is 9. The van der Waals surface area contributed by atoms with Gasteiger partial charge >= 0.3 is 0 Å². The molecule has 1 saturated heterocycles. The zero-order valence-electron chi connectivity index (χ0n) is 14.6. The quantitative estimate of drug-likeness (QED) is 0.592. The molecule has 2 heterocycles. The molecule has 0 N–H and O–H groups in total. The first-order valence-electron chi connectivity index (χ1n) is 8.35. The SMILES string of the molecule is CCCS(=O)(=O)N(CCCN1CCCC1=O)C(=O)c1ccc(SC)s1. The first-order valence-corrected chi connectivity index (χ1v) is 12.0. The minimum absolute atomic E-state index is 0.0534. The van der Waals surface area contributed by atoms with Gasteiger partial charge in [0.1, 0.15) is 0 Å². The topological polar surface area (TPSA) is 74.8 Å². The molecular formula is C16H24N2O4S3. The Morgan fingerprint density at radius 1 is 1.40 bits per heavy atom. The van der Waals surface area contributed by atoms with Crippen molar-refractivity contribution in [1.82, 2.24) is 9.21 Å². The van der Waals surface area contributed by atoms with Crippen molar-refractivity contribution in [2.24, 2.45) is 0 Å². The van der Waals surface area contributed by atoms with Crippen LogP contribution in [0.25, 0.3) is 0 Å². The van der Waals surface area contributed by atoms with Gasteiger partial charge in [0.25, 0.3) is 5.91 Å². The lowest BCUT2D eigenvalue weighted by atomic mass is 10.3. The molecule has 1 aliphatic rings. The number of hydrogen-bond acceptors (Lipinski definition) is 6. The maximum Gasteiger partial charge on any atom is 0.277 e. The van der Waals surface area contributed by atoms with E-state index < -0.39 is 15.9 Å². The number of carbonyl (C=O) groups is 2. The third-order valence-electron chi connectivity index (χ3n) is 3.98. The van der Waals surface area contributed by atoms with Crippen LogP contribution in [-0.4, -0.2) is 61.1 Å². The Bertz CT molecular complexity index is 715. The predicted molar refractivity (Wildman–Crippen MR) is 102 cm³/mol. The highest BCUT2D eigenvalue weighted by Crippen LogP contribution is 2.27. The van der Waals surface area contributed by atoms with E-state index in [-0.39, 0.29) is 18.2 Å². The van der Waals surface area contributed by atoms with Crippen molar-refractivity contribution in [2.45, 2.75) is 36.8 Å². The molecule has 0 aromatic carbocycles. The van der Waals surface area contributed by atoms with Crippen LogP contribution in [-0.2, 0) is 14.8 Å². The number of carbonyl (C=O) groups excluding carboxylic acids is 2. The van der Waals surface area contributed by atoms with Crippen molar-refractivity contribution in [3.8, 4) is 0 Å². The van der Waals surface area contributed by atoms with E-state index in [1.165, 1.54) is 23.1 Å². The Morgan fingerprint density at radius 2 is 2.16 bits per heavy atom. The van der Waals surface area contributed by atoms with Crippen molar-refractivity contribution in [2.75, 3.05) is 31.6 Å². The van der Waals surface area contributed by atoms with Crippen LogP contribution in [0.3, 0.4) is 0 Å². The zero-order chi connectivity index (χ0) is 18.4. The highest BCUT2D eigenvalue weighted by atomic mass is 32.2. The molecule has 0 saturated carbocycles. The third-order valence-corrected chi connectivity index (χ3v) is 8.08. The van der Waals surface area contributed by atoms with Crippen LogP contribution in [0.4, 0.5) is 0 Å². The van der Waals surface area contributed by atoms with Gasteiger partial charge in [-0.3, -0.25) is 9.59 Å². The summed E-state index contributed by atoms with van der Waals surface area (Å²) < 4.78 is 27.0. The van der Waals surface area contributed by atoms with E-state index in [1.807, 2.05) is 12.3 Å². The molecule has 1 aromatic heterocycles. The summed E-state index contributed by atoms with van der Waals surface area (Å²) in [6.45, 7) is 3.10. The van der Waals surface area contributed by atoms with E-state index in [2.05, 4.69) is 0 Å². The average Bonchev–Trinajstić information content (AvgIpc) is 3.20. The van der Waals surface area contributed by atoms with Crippen LogP contribution in [0.15, 0.2) is 16.3 Å². The first kappa shape index (κ1) is 20.3. The number of hydrogen-bond donors (Lipinski definition) is 0.